The van der Waals surface area contributed by atoms with Crippen molar-refractivity contribution in [1.82, 2.24) is 9.78 Å². The van der Waals surface area contributed by atoms with Crippen LogP contribution >= 0.6 is 0 Å². The third-order valence-corrected chi connectivity index (χ3v) is 3.37. The van der Waals surface area contributed by atoms with Crippen molar-refractivity contribution in [3.63, 3.8) is 0 Å². The summed E-state index contributed by atoms with van der Waals surface area (Å²) in [6.45, 7) is 2.84. The zero-order valence-corrected chi connectivity index (χ0v) is 12.3. The molecule has 0 saturated carbocycles. The largest absolute Gasteiger partial charge is 0.496 e. The molecule has 0 fully saturated rings. The molecule has 0 aliphatic heterocycles. The minimum atomic E-state index is 0.745. The van der Waals surface area contributed by atoms with Crippen LogP contribution in [0.15, 0.2) is 24.3 Å². The van der Waals surface area contributed by atoms with E-state index < -0.39 is 0 Å². The van der Waals surface area contributed by atoms with Gasteiger partial charge >= 0.3 is 0 Å². The maximum absolute atomic E-state index is 6.08. The Labute approximate surface area is 119 Å². The Hall–Kier alpha value is -2.17. The molecule has 1 aromatic carbocycles. The molecule has 5 heteroatoms. The van der Waals surface area contributed by atoms with Crippen LogP contribution in [0.5, 0.6) is 5.75 Å². The third-order valence-electron chi connectivity index (χ3n) is 3.37. The van der Waals surface area contributed by atoms with Gasteiger partial charge in [0, 0.05) is 13.6 Å². The van der Waals surface area contributed by atoms with Crippen LogP contribution in [-0.2, 0) is 19.9 Å². The highest BCUT2D eigenvalue weighted by Gasteiger charge is 2.11. The van der Waals surface area contributed by atoms with E-state index in [0.717, 1.165) is 42.3 Å². The van der Waals surface area contributed by atoms with Crippen LogP contribution in [-0.4, -0.2) is 23.4 Å². The number of aryl methyl sites for hydroxylation is 2. The van der Waals surface area contributed by atoms with Crippen LogP contribution in [0.1, 0.15) is 18.2 Å². The molecule has 2 rings (SSSR count). The second-order valence-electron chi connectivity index (χ2n) is 4.67. The predicted octanol–water partition coefficient (Wildman–Crippen LogP) is 2.23. The van der Waals surface area contributed by atoms with E-state index in [2.05, 4.69) is 23.4 Å². The van der Waals surface area contributed by atoms with Crippen LogP contribution in [0, 0.1) is 0 Å². The lowest BCUT2D eigenvalue weighted by Crippen LogP contribution is -2.10. The summed E-state index contributed by atoms with van der Waals surface area (Å²) in [4.78, 5) is 0. The van der Waals surface area contributed by atoms with E-state index in [4.69, 9.17) is 10.5 Å². The first-order chi connectivity index (χ1) is 9.67. The number of anilines is 2. The van der Waals surface area contributed by atoms with E-state index in [0.29, 0.717) is 0 Å². The van der Waals surface area contributed by atoms with Gasteiger partial charge in [-0.15, -0.1) is 0 Å². The number of nitrogens with one attached hydrogen (secondary N) is 1. The Kier molecular flexibility index (Phi) is 4.50. The van der Waals surface area contributed by atoms with Crippen molar-refractivity contribution < 1.29 is 4.74 Å². The SMILES string of the molecule is CCc1nn(C)c(NCCc2ccccc2OC)c1N. The van der Waals surface area contributed by atoms with E-state index in [1.165, 1.54) is 5.56 Å². The molecule has 0 bridgehead atoms. The minimum Gasteiger partial charge on any atom is -0.496 e. The monoisotopic (exact) mass is 274 g/mol. The number of aromatic nitrogens is 2. The van der Waals surface area contributed by atoms with Gasteiger partial charge in [0.1, 0.15) is 11.6 Å². The molecule has 5 nitrogen and oxygen atoms in total. The van der Waals surface area contributed by atoms with Crippen molar-refractivity contribution in [3.05, 3.63) is 35.5 Å². The zero-order valence-electron chi connectivity index (χ0n) is 12.3. The van der Waals surface area contributed by atoms with Crippen molar-refractivity contribution >= 4 is 11.5 Å². The predicted molar refractivity (Wildman–Crippen MR) is 82.2 cm³/mol. The van der Waals surface area contributed by atoms with E-state index in [-0.39, 0.29) is 0 Å². The fourth-order valence-electron chi connectivity index (χ4n) is 2.29. The van der Waals surface area contributed by atoms with Gasteiger partial charge in [0.25, 0.3) is 0 Å². The number of rotatable bonds is 6. The van der Waals surface area contributed by atoms with Gasteiger partial charge in [-0.1, -0.05) is 25.1 Å². The third kappa shape index (κ3) is 2.87. The number of nitrogens with two attached hydrogens (primary N) is 1. The average molecular weight is 274 g/mol. The molecular weight excluding hydrogens is 252 g/mol. The van der Waals surface area contributed by atoms with Crippen LogP contribution in [0.2, 0.25) is 0 Å². The molecule has 20 heavy (non-hydrogen) atoms. The molecule has 0 unspecified atom stereocenters. The van der Waals surface area contributed by atoms with Gasteiger partial charge in [-0.05, 0) is 24.5 Å². The zero-order chi connectivity index (χ0) is 14.5. The Morgan fingerprint density at radius 1 is 1.35 bits per heavy atom. The van der Waals surface area contributed by atoms with Crippen molar-refractivity contribution in [2.45, 2.75) is 19.8 Å². The van der Waals surface area contributed by atoms with E-state index >= 15 is 0 Å². The highest BCUT2D eigenvalue weighted by Crippen LogP contribution is 2.23. The molecule has 2 aromatic rings. The average Bonchev–Trinajstić information content (AvgIpc) is 2.75. The van der Waals surface area contributed by atoms with Crippen molar-refractivity contribution in [3.8, 4) is 5.75 Å². The smallest absolute Gasteiger partial charge is 0.147 e. The second kappa shape index (κ2) is 6.32. The lowest BCUT2D eigenvalue weighted by molar-refractivity contribution is 0.410. The minimum absolute atomic E-state index is 0.745. The van der Waals surface area contributed by atoms with Gasteiger partial charge in [-0.25, -0.2) is 0 Å². The van der Waals surface area contributed by atoms with Crippen molar-refractivity contribution in [1.29, 1.82) is 0 Å². The Bertz CT molecular complexity index is 577. The van der Waals surface area contributed by atoms with E-state index in [1.807, 2.05) is 25.2 Å². The molecule has 1 aromatic heterocycles. The van der Waals surface area contributed by atoms with Gasteiger partial charge in [0.05, 0.1) is 18.5 Å². The van der Waals surface area contributed by atoms with Gasteiger partial charge in [-0.2, -0.15) is 5.10 Å². The van der Waals surface area contributed by atoms with E-state index in [1.54, 1.807) is 11.8 Å². The number of benzene rings is 1. The van der Waals surface area contributed by atoms with Gasteiger partial charge in [0.2, 0.25) is 0 Å². The molecule has 0 atom stereocenters. The maximum Gasteiger partial charge on any atom is 0.147 e. The number of methoxy groups -OCH3 is 1. The molecule has 0 aliphatic rings. The summed E-state index contributed by atoms with van der Waals surface area (Å²) in [6, 6.07) is 8.04. The normalized spacial score (nSPS) is 10.6. The Balaban J connectivity index is 2.01. The molecule has 0 amide bonds. The molecule has 0 saturated heterocycles. The van der Waals surface area contributed by atoms with Crippen LogP contribution in [0.4, 0.5) is 11.5 Å². The summed E-state index contributed by atoms with van der Waals surface area (Å²) in [5, 5.41) is 7.75. The lowest BCUT2D eigenvalue weighted by atomic mass is 10.1. The number of hydrogen-bond donors (Lipinski definition) is 2. The highest BCUT2D eigenvalue weighted by atomic mass is 16.5. The number of hydrogen-bond acceptors (Lipinski definition) is 4. The molecule has 1 heterocycles. The van der Waals surface area contributed by atoms with Gasteiger partial charge < -0.3 is 15.8 Å². The van der Waals surface area contributed by atoms with Crippen molar-refractivity contribution in [2.24, 2.45) is 7.05 Å². The summed E-state index contributed by atoms with van der Waals surface area (Å²) in [5.41, 5.74) is 8.94. The first kappa shape index (κ1) is 14.2. The molecule has 0 radical (unpaired) electrons. The fourth-order valence-corrected chi connectivity index (χ4v) is 2.29. The summed E-state index contributed by atoms with van der Waals surface area (Å²) >= 11 is 0. The Morgan fingerprint density at radius 2 is 2.10 bits per heavy atom. The van der Waals surface area contributed by atoms with Crippen LogP contribution in [0.3, 0.4) is 0 Å². The highest BCUT2D eigenvalue weighted by molar-refractivity contribution is 5.65. The number of ether oxygens (including phenoxy) is 1. The number of para-hydroxylation sites is 1. The number of nitrogens with zero attached hydrogens (tertiary/aromatic N) is 2. The van der Waals surface area contributed by atoms with Crippen LogP contribution in [0.25, 0.3) is 0 Å². The topological polar surface area (TPSA) is 65.1 Å². The quantitative estimate of drug-likeness (QED) is 0.848. The summed E-state index contributed by atoms with van der Waals surface area (Å²) < 4.78 is 7.15. The standard InChI is InChI=1S/C15H22N4O/c1-4-12-14(16)15(19(2)18-12)17-10-9-11-7-5-6-8-13(11)20-3/h5-8,17H,4,9-10,16H2,1-3H3. The molecular formula is C15H22N4O. The van der Waals surface area contributed by atoms with Gasteiger partial charge in [0.15, 0.2) is 0 Å². The maximum atomic E-state index is 6.08. The lowest BCUT2D eigenvalue weighted by Gasteiger charge is -2.10. The molecule has 0 aliphatic carbocycles. The molecule has 108 valence electrons. The summed E-state index contributed by atoms with van der Waals surface area (Å²) in [6.07, 6.45) is 1.71. The summed E-state index contributed by atoms with van der Waals surface area (Å²) in [7, 11) is 3.60. The van der Waals surface area contributed by atoms with Crippen LogP contribution < -0.4 is 15.8 Å². The van der Waals surface area contributed by atoms with Crippen molar-refractivity contribution in [2.75, 3.05) is 24.7 Å². The second-order valence-corrected chi connectivity index (χ2v) is 4.67. The first-order valence-corrected chi connectivity index (χ1v) is 6.84. The van der Waals surface area contributed by atoms with E-state index in [9.17, 15) is 0 Å². The Morgan fingerprint density at radius 3 is 2.75 bits per heavy atom. The molecule has 0 spiro atoms. The van der Waals surface area contributed by atoms with Gasteiger partial charge in [-0.3, -0.25) is 4.68 Å². The fraction of sp³-hybridized carbons (Fsp3) is 0.400. The molecule has 3 N–H and O–H groups in total. The first-order valence-electron chi connectivity index (χ1n) is 6.84. The number of nitrogen functional groups attached to an aromatic ring is 1. The summed E-state index contributed by atoms with van der Waals surface area (Å²) in [5.74, 6) is 1.80.